The van der Waals surface area contributed by atoms with Crippen LogP contribution in [0, 0.1) is 37.0 Å². The third kappa shape index (κ3) is 5.24. The average Bonchev–Trinajstić information content (AvgIpc) is 3.33. The molecule has 0 saturated heterocycles. The van der Waals surface area contributed by atoms with Gasteiger partial charge in [0.05, 0.1) is 29.4 Å². The number of hydrogen-bond donors (Lipinski definition) is 0. The topological polar surface area (TPSA) is 107 Å². The van der Waals surface area contributed by atoms with Crippen LogP contribution in [-0.4, -0.2) is 26.9 Å². The van der Waals surface area contributed by atoms with Gasteiger partial charge in [0.15, 0.2) is 0 Å². The molecule has 0 spiro atoms. The summed E-state index contributed by atoms with van der Waals surface area (Å²) in [6, 6.07) is 11.0. The maximum atomic E-state index is 12.9. The number of carbonyl (C=O) groups is 2. The Balaban J connectivity index is 1.39. The molecule has 0 fully saturated rings. The number of carbonyl (C=O) groups excluding carboxylic acids is 2. The molecule has 2 unspecified atom stereocenters. The van der Waals surface area contributed by atoms with E-state index in [-0.39, 0.29) is 30.4 Å². The molecule has 0 saturated carbocycles. The number of fused-ring (bicyclic) bond motifs is 1. The molecule has 1 aliphatic rings. The molecule has 8 heteroatoms. The molecule has 1 heterocycles. The summed E-state index contributed by atoms with van der Waals surface area (Å²) in [7, 11) is 0. The van der Waals surface area contributed by atoms with Crippen LogP contribution in [0.1, 0.15) is 53.8 Å². The Bertz CT molecular complexity index is 1300. The quantitative estimate of drug-likeness (QED) is 0.391. The molecule has 1 aliphatic carbocycles. The van der Waals surface area contributed by atoms with Crippen LogP contribution in [0.4, 0.5) is 0 Å². The summed E-state index contributed by atoms with van der Waals surface area (Å²) in [5.74, 6) is -0.163. The molecule has 180 valence electrons. The van der Waals surface area contributed by atoms with Gasteiger partial charge in [0.2, 0.25) is 0 Å². The van der Waals surface area contributed by atoms with Gasteiger partial charge in [-0.05, 0) is 91.6 Å². The molecule has 35 heavy (non-hydrogen) atoms. The van der Waals surface area contributed by atoms with Crippen LogP contribution in [0.2, 0.25) is 0 Å². The van der Waals surface area contributed by atoms with E-state index in [0.717, 1.165) is 36.1 Å². The highest BCUT2D eigenvalue weighted by molar-refractivity contribution is 5.73. The first kappa shape index (κ1) is 24.1. The van der Waals surface area contributed by atoms with Crippen LogP contribution in [0.25, 0.3) is 5.69 Å². The second-order valence-electron chi connectivity index (χ2n) is 9.08. The number of aromatic nitrogens is 3. The summed E-state index contributed by atoms with van der Waals surface area (Å²) in [6.45, 7) is 7.35. The molecule has 0 radical (unpaired) electrons. The fourth-order valence-corrected chi connectivity index (χ4v) is 4.66. The van der Waals surface area contributed by atoms with E-state index in [9.17, 15) is 9.59 Å². The molecule has 2 atom stereocenters. The van der Waals surface area contributed by atoms with E-state index in [2.05, 4.69) is 16.4 Å². The van der Waals surface area contributed by atoms with Crippen molar-refractivity contribution in [1.82, 2.24) is 15.0 Å². The molecule has 4 rings (SSSR count). The third-order valence-electron chi connectivity index (χ3n) is 6.74. The van der Waals surface area contributed by atoms with Crippen molar-refractivity contribution in [2.75, 3.05) is 0 Å². The first-order valence-corrected chi connectivity index (χ1v) is 11.7. The van der Waals surface area contributed by atoms with Gasteiger partial charge in [0.1, 0.15) is 18.1 Å². The number of ether oxygens (including phenoxy) is 2. The van der Waals surface area contributed by atoms with Gasteiger partial charge in [0.25, 0.3) is 0 Å². The van der Waals surface area contributed by atoms with Crippen molar-refractivity contribution in [2.24, 2.45) is 11.8 Å². The monoisotopic (exact) mass is 472 g/mol. The maximum Gasteiger partial charge on any atom is 0.309 e. The lowest BCUT2D eigenvalue weighted by molar-refractivity contribution is -0.151. The molecule has 1 aromatic heterocycles. The van der Waals surface area contributed by atoms with Crippen LogP contribution in [-0.2, 0) is 33.8 Å². The number of aryl methyl sites for hydroxylation is 1. The molecule has 0 amide bonds. The standard InChI is InChI=1S/C27H28N4O4/c1-16-11-26(35-19(4)32)18(3)25-12-21(7-10-24(16)25)17(2)27(33)34-15-22-14-31(30-29-22)23-8-5-20(13-28)6-9-23/h5-6,8-9,11,14,17,21H,7,10,12,15H2,1-4H3. The minimum Gasteiger partial charge on any atom is -0.459 e. The summed E-state index contributed by atoms with van der Waals surface area (Å²) < 4.78 is 12.6. The summed E-state index contributed by atoms with van der Waals surface area (Å²) in [5.41, 5.74) is 6.40. The normalized spacial score (nSPS) is 15.6. The van der Waals surface area contributed by atoms with E-state index in [4.69, 9.17) is 14.7 Å². The lowest BCUT2D eigenvalue weighted by Crippen LogP contribution is -2.29. The summed E-state index contributed by atoms with van der Waals surface area (Å²) in [4.78, 5) is 24.4. The fourth-order valence-electron chi connectivity index (χ4n) is 4.66. The predicted molar refractivity (Wildman–Crippen MR) is 128 cm³/mol. The van der Waals surface area contributed by atoms with Crippen molar-refractivity contribution >= 4 is 11.9 Å². The summed E-state index contributed by atoms with van der Waals surface area (Å²) in [6.07, 6.45) is 4.22. The highest BCUT2D eigenvalue weighted by Crippen LogP contribution is 2.38. The van der Waals surface area contributed by atoms with E-state index in [1.54, 1.807) is 35.1 Å². The lowest BCUT2D eigenvalue weighted by atomic mass is 9.75. The SMILES string of the molecule is CC(=O)Oc1cc(C)c2c(c1C)CC(C(C)C(=O)OCc1cn(-c3ccc(C#N)cc3)nn1)CC2. The van der Waals surface area contributed by atoms with Crippen molar-refractivity contribution in [2.45, 2.75) is 53.6 Å². The molecule has 0 N–H and O–H groups in total. The Hall–Kier alpha value is -3.99. The van der Waals surface area contributed by atoms with Gasteiger partial charge >= 0.3 is 11.9 Å². The van der Waals surface area contributed by atoms with E-state index in [1.165, 1.54) is 18.1 Å². The van der Waals surface area contributed by atoms with Crippen LogP contribution in [0.3, 0.4) is 0 Å². The van der Waals surface area contributed by atoms with Crippen molar-refractivity contribution in [1.29, 1.82) is 5.26 Å². The highest BCUT2D eigenvalue weighted by Gasteiger charge is 2.31. The summed E-state index contributed by atoms with van der Waals surface area (Å²) >= 11 is 0. The van der Waals surface area contributed by atoms with E-state index < -0.39 is 0 Å². The molecule has 2 aromatic carbocycles. The second-order valence-corrected chi connectivity index (χ2v) is 9.08. The number of nitriles is 1. The van der Waals surface area contributed by atoms with Crippen LogP contribution in [0.15, 0.2) is 36.5 Å². The van der Waals surface area contributed by atoms with Crippen LogP contribution >= 0.6 is 0 Å². The third-order valence-corrected chi connectivity index (χ3v) is 6.74. The first-order chi connectivity index (χ1) is 16.8. The lowest BCUT2D eigenvalue weighted by Gasteiger charge is -2.31. The fraction of sp³-hybridized carbons (Fsp3) is 0.370. The number of rotatable bonds is 6. The molecule has 8 nitrogen and oxygen atoms in total. The van der Waals surface area contributed by atoms with Gasteiger partial charge in [-0.1, -0.05) is 12.1 Å². The molecular formula is C27H28N4O4. The molecule has 0 bridgehead atoms. The number of nitrogens with zero attached hydrogens (tertiary/aromatic N) is 4. The number of hydrogen-bond acceptors (Lipinski definition) is 7. The van der Waals surface area contributed by atoms with E-state index in [0.29, 0.717) is 17.0 Å². The average molecular weight is 473 g/mol. The largest absolute Gasteiger partial charge is 0.459 e. The zero-order valence-electron chi connectivity index (χ0n) is 20.4. The Labute approximate surface area is 204 Å². The Kier molecular flexibility index (Phi) is 6.97. The van der Waals surface area contributed by atoms with Gasteiger partial charge in [-0.15, -0.1) is 5.10 Å². The minimum atomic E-state index is -0.340. The van der Waals surface area contributed by atoms with E-state index in [1.807, 2.05) is 26.8 Å². The molecular weight excluding hydrogens is 444 g/mol. The van der Waals surface area contributed by atoms with Gasteiger partial charge in [-0.2, -0.15) is 5.26 Å². The van der Waals surface area contributed by atoms with Gasteiger partial charge in [-0.3, -0.25) is 9.59 Å². The van der Waals surface area contributed by atoms with Gasteiger partial charge in [-0.25, -0.2) is 4.68 Å². The van der Waals surface area contributed by atoms with Gasteiger partial charge in [0, 0.05) is 6.92 Å². The van der Waals surface area contributed by atoms with Crippen LogP contribution < -0.4 is 4.74 Å². The van der Waals surface area contributed by atoms with Crippen LogP contribution in [0.5, 0.6) is 5.75 Å². The van der Waals surface area contributed by atoms with Crippen molar-refractivity contribution in [3.8, 4) is 17.5 Å². The Morgan fingerprint density at radius 3 is 2.66 bits per heavy atom. The molecule has 0 aliphatic heterocycles. The van der Waals surface area contributed by atoms with Crippen molar-refractivity contribution < 1.29 is 19.1 Å². The number of benzene rings is 2. The maximum absolute atomic E-state index is 12.9. The Morgan fingerprint density at radius 2 is 1.97 bits per heavy atom. The highest BCUT2D eigenvalue weighted by atomic mass is 16.5. The predicted octanol–water partition coefficient (Wildman–Crippen LogP) is 4.17. The zero-order valence-corrected chi connectivity index (χ0v) is 20.4. The molecule has 3 aromatic rings. The zero-order chi connectivity index (χ0) is 25.1. The van der Waals surface area contributed by atoms with Crippen molar-refractivity contribution in [3.63, 3.8) is 0 Å². The number of esters is 2. The van der Waals surface area contributed by atoms with E-state index >= 15 is 0 Å². The second kappa shape index (κ2) is 10.1. The Morgan fingerprint density at radius 1 is 1.23 bits per heavy atom. The van der Waals surface area contributed by atoms with Gasteiger partial charge < -0.3 is 9.47 Å². The van der Waals surface area contributed by atoms with Crippen molar-refractivity contribution in [3.05, 3.63) is 70.0 Å². The minimum absolute atomic E-state index is 0.0392. The first-order valence-electron chi connectivity index (χ1n) is 11.7. The smallest absolute Gasteiger partial charge is 0.309 e. The summed E-state index contributed by atoms with van der Waals surface area (Å²) in [5, 5.41) is 17.1.